The van der Waals surface area contributed by atoms with Crippen molar-refractivity contribution >= 4 is 35.6 Å². The molecular formula is C21H36IN5O2. The van der Waals surface area contributed by atoms with Crippen molar-refractivity contribution in [3.63, 3.8) is 0 Å². The number of nitrogens with one attached hydrogen (secondary N) is 1. The number of phenolic OH excluding ortho intramolecular Hbond substituents is 1. The third kappa shape index (κ3) is 6.36. The van der Waals surface area contributed by atoms with E-state index in [9.17, 15) is 5.11 Å². The van der Waals surface area contributed by atoms with Crippen LogP contribution in [0.15, 0.2) is 29.3 Å². The molecule has 0 spiro atoms. The molecule has 29 heavy (non-hydrogen) atoms. The van der Waals surface area contributed by atoms with Gasteiger partial charge >= 0.3 is 0 Å². The van der Waals surface area contributed by atoms with E-state index in [1.807, 2.05) is 18.2 Å². The van der Waals surface area contributed by atoms with Crippen LogP contribution in [0.2, 0.25) is 0 Å². The molecule has 0 aromatic heterocycles. The van der Waals surface area contributed by atoms with Gasteiger partial charge in [0.2, 0.25) is 0 Å². The van der Waals surface area contributed by atoms with E-state index in [1.54, 1.807) is 6.07 Å². The van der Waals surface area contributed by atoms with Gasteiger partial charge in [0.15, 0.2) is 5.96 Å². The maximum absolute atomic E-state index is 10.1. The van der Waals surface area contributed by atoms with Crippen LogP contribution in [0, 0.1) is 0 Å². The van der Waals surface area contributed by atoms with E-state index in [-0.39, 0.29) is 24.0 Å². The first kappa shape index (κ1) is 24.0. The molecule has 2 aliphatic rings. The van der Waals surface area contributed by atoms with E-state index >= 15 is 0 Å². The summed E-state index contributed by atoms with van der Waals surface area (Å²) in [5, 5.41) is 13.6. The lowest BCUT2D eigenvalue weighted by atomic mass is 10.2. The summed E-state index contributed by atoms with van der Waals surface area (Å²) in [7, 11) is 0. The summed E-state index contributed by atoms with van der Waals surface area (Å²) >= 11 is 0. The van der Waals surface area contributed by atoms with Gasteiger partial charge in [-0.15, -0.1) is 24.0 Å². The minimum absolute atomic E-state index is 0. The number of benzene rings is 1. The van der Waals surface area contributed by atoms with E-state index in [1.165, 1.54) is 0 Å². The van der Waals surface area contributed by atoms with Crippen molar-refractivity contribution in [1.29, 1.82) is 0 Å². The highest BCUT2D eigenvalue weighted by Crippen LogP contribution is 2.27. The van der Waals surface area contributed by atoms with Gasteiger partial charge in [-0.2, -0.15) is 0 Å². The number of nitrogens with zero attached hydrogens (tertiary/aromatic N) is 4. The van der Waals surface area contributed by atoms with E-state index in [0.29, 0.717) is 17.8 Å². The highest BCUT2D eigenvalue weighted by molar-refractivity contribution is 14.0. The normalized spacial score (nSPS) is 22.2. The highest BCUT2D eigenvalue weighted by atomic mass is 127. The summed E-state index contributed by atoms with van der Waals surface area (Å²) in [4.78, 5) is 12.0. The number of para-hydroxylation sites is 2. The number of rotatable bonds is 5. The van der Waals surface area contributed by atoms with Crippen LogP contribution in [0.5, 0.6) is 5.75 Å². The van der Waals surface area contributed by atoms with Gasteiger partial charge in [0.05, 0.1) is 25.4 Å². The summed E-state index contributed by atoms with van der Waals surface area (Å²) in [5.74, 6) is 1.34. The van der Waals surface area contributed by atoms with Crippen molar-refractivity contribution in [3.05, 3.63) is 24.3 Å². The smallest absolute Gasteiger partial charge is 0.194 e. The number of anilines is 1. The topological polar surface area (TPSA) is 63.6 Å². The van der Waals surface area contributed by atoms with Gasteiger partial charge in [0.1, 0.15) is 5.75 Å². The number of aromatic hydroxyl groups is 1. The van der Waals surface area contributed by atoms with Crippen molar-refractivity contribution in [2.24, 2.45) is 4.99 Å². The molecule has 0 saturated carbocycles. The lowest BCUT2D eigenvalue weighted by Gasteiger charge is -2.39. The van der Waals surface area contributed by atoms with Crippen molar-refractivity contribution in [2.75, 3.05) is 63.9 Å². The molecular weight excluding hydrogens is 481 g/mol. The molecule has 2 N–H and O–H groups in total. The Morgan fingerprint density at radius 3 is 2.62 bits per heavy atom. The number of hydrogen-bond donors (Lipinski definition) is 2. The lowest BCUT2D eigenvalue weighted by Crippen LogP contribution is -2.53. The quantitative estimate of drug-likeness (QED) is 0.355. The minimum atomic E-state index is 0. The molecule has 0 radical (unpaired) electrons. The molecule has 2 atom stereocenters. The Morgan fingerprint density at radius 1 is 1.24 bits per heavy atom. The fourth-order valence-electron chi connectivity index (χ4n) is 4.03. The number of piperazine rings is 1. The number of guanidine groups is 1. The Morgan fingerprint density at radius 2 is 1.97 bits per heavy atom. The second-order valence-corrected chi connectivity index (χ2v) is 7.67. The van der Waals surface area contributed by atoms with Crippen LogP contribution in [0.4, 0.5) is 5.69 Å². The summed E-state index contributed by atoms with van der Waals surface area (Å²) in [6.07, 6.45) is 0. The zero-order valence-corrected chi connectivity index (χ0v) is 20.2. The molecule has 1 aromatic rings. The highest BCUT2D eigenvalue weighted by Gasteiger charge is 2.25. The zero-order chi connectivity index (χ0) is 19.9. The molecule has 2 saturated heterocycles. The predicted molar refractivity (Wildman–Crippen MR) is 130 cm³/mol. The minimum Gasteiger partial charge on any atom is -0.506 e. The lowest BCUT2D eigenvalue weighted by molar-refractivity contribution is -0.0166. The number of halogens is 1. The molecule has 0 bridgehead atoms. The third-order valence-electron chi connectivity index (χ3n) is 5.63. The van der Waals surface area contributed by atoms with Crippen molar-refractivity contribution in [1.82, 2.24) is 15.1 Å². The first-order chi connectivity index (χ1) is 13.6. The second-order valence-electron chi connectivity index (χ2n) is 7.67. The van der Waals surface area contributed by atoms with Gasteiger partial charge in [0, 0.05) is 51.4 Å². The van der Waals surface area contributed by atoms with Crippen LogP contribution in [-0.4, -0.2) is 92.0 Å². The number of phenols is 1. The van der Waals surface area contributed by atoms with Gasteiger partial charge in [-0.3, -0.25) is 9.89 Å². The predicted octanol–water partition coefficient (Wildman–Crippen LogP) is 2.21. The van der Waals surface area contributed by atoms with Gasteiger partial charge < -0.3 is 25.0 Å². The average molecular weight is 517 g/mol. The maximum Gasteiger partial charge on any atom is 0.194 e. The van der Waals surface area contributed by atoms with Crippen LogP contribution >= 0.6 is 24.0 Å². The Bertz CT molecular complexity index is 652. The van der Waals surface area contributed by atoms with Crippen LogP contribution in [0.3, 0.4) is 0 Å². The van der Waals surface area contributed by atoms with E-state index in [0.717, 1.165) is 70.7 Å². The van der Waals surface area contributed by atoms with Crippen LogP contribution < -0.4 is 10.2 Å². The van der Waals surface area contributed by atoms with Gasteiger partial charge in [-0.05, 0) is 32.9 Å². The Hall–Kier alpha value is -1.26. The summed E-state index contributed by atoms with van der Waals surface area (Å²) in [6.45, 7) is 14.4. The van der Waals surface area contributed by atoms with Crippen molar-refractivity contribution < 1.29 is 9.84 Å². The number of ether oxygens (including phenoxy) is 1. The standard InChI is InChI=1S/C21H35N5O2.HI/c1-4-22-21(23-15-17(2)26-13-14-28-16-18(26)3)25-11-9-24(10-12-25)19-7-5-6-8-20(19)27;/h5-8,17-18,27H,4,9-16H2,1-3H3,(H,22,23);1H. The molecule has 2 unspecified atom stereocenters. The second kappa shape index (κ2) is 11.8. The monoisotopic (exact) mass is 517 g/mol. The Kier molecular flexibility index (Phi) is 9.78. The number of hydrogen-bond acceptors (Lipinski definition) is 5. The third-order valence-corrected chi connectivity index (χ3v) is 5.63. The van der Waals surface area contributed by atoms with E-state index < -0.39 is 0 Å². The average Bonchev–Trinajstić information content (AvgIpc) is 2.72. The van der Waals surface area contributed by atoms with Crippen molar-refractivity contribution in [3.8, 4) is 5.75 Å². The Balaban J connectivity index is 0.00000300. The molecule has 164 valence electrons. The fourth-order valence-corrected chi connectivity index (χ4v) is 4.03. The molecule has 2 aliphatic heterocycles. The van der Waals surface area contributed by atoms with Gasteiger partial charge in [0.25, 0.3) is 0 Å². The number of morpholine rings is 1. The van der Waals surface area contributed by atoms with Crippen molar-refractivity contribution in [2.45, 2.75) is 32.9 Å². The van der Waals surface area contributed by atoms with Crippen LogP contribution in [0.1, 0.15) is 20.8 Å². The molecule has 0 aliphatic carbocycles. The molecule has 3 rings (SSSR count). The van der Waals surface area contributed by atoms with E-state index in [2.05, 4.69) is 40.8 Å². The van der Waals surface area contributed by atoms with Crippen LogP contribution in [0.25, 0.3) is 0 Å². The fraction of sp³-hybridized carbons (Fsp3) is 0.667. The first-order valence-electron chi connectivity index (χ1n) is 10.5. The molecule has 8 heteroatoms. The zero-order valence-electron chi connectivity index (χ0n) is 17.9. The van der Waals surface area contributed by atoms with Gasteiger partial charge in [-0.1, -0.05) is 12.1 Å². The first-order valence-corrected chi connectivity index (χ1v) is 10.5. The number of aliphatic imine (C=N–C) groups is 1. The molecule has 0 amide bonds. The summed E-state index contributed by atoms with van der Waals surface area (Å²) in [5.41, 5.74) is 0.916. The summed E-state index contributed by atoms with van der Waals surface area (Å²) < 4.78 is 5.56. The van der Waals surface area contributed by atoms with Gasteiger partial charge in [-0.25, -0.2) is 0 Å². The Labute approximate surface area is 192 Å². The summed E-state index contributed by atoms with van der Waals surface area (Å²) in [6, 6.07) is 8.41. The molecule has 1 aromatic carbocycles. The SMILES string of the molecule is CCNC(=NCC(C)N1CCOCC1C)N1CCN(c2ccccc2O)CC1.I. The van der Waals surface area contributed by atoms with Crippen LogP contribution in [-0.2, 0) is 4.74 Å². The molecule has 2 heterocycles. The molecule has 2 fully saturated rings. The molecule has 7 nitrogen and oxygen atoms in total. The maximum atomic E-state index is 10.1. The largest absolute Gasteiger partial charge is 0.506 e. The van der Waals surface area contributed by atoms with E-state index in [4.69, 9.17) is 9.73 Å².